The molecule has 2 saturated heterocycles. The van der Waals surface area contributed by atoms with Crippen molar-refractivity contribution >= 4 is 18.8 Å². The fraction of sp³-hybridized carbons (Fsp3) is 0.889. The molecule has 0 aromatic carbocycles. The lowest BCUT2D eigenvalue weighted by Crippen LogP contribution is -2.47. The molecule has 80 valence electrons. The van der Waals surface area contributed by atoms with Crippen molar-refractivity contribution in [2.45, 2.75) is 24.8 Å². The zero-order valence-electron chi connectivity index (χ0n) is 8.15. The topological polar surface area (TPSA) is 43.8 Å². The number of carboxylic acids is 1. The third-order valence-corrected chi connectivity index (χ3v) is 3.72. The maximum Gasteiger partial charge on any atom is 0.317 e. The van der Waals surface area contributed by atoms with Crippen molar-refractivity contribution in [3.8, 4) is 0 Å². The Hall–Kier alpha value is -0.260. The molecule has 2 rings (SSSR count). The van der Waals surface area contributed by atoms with Crippen LogP contribution in [-0.4, -0.2) is 52.0 Å². The third kappa shape index (κ3) is 1.76. The summed E-state index contributed by atoms with van der Waals surface area (Å²) in [6.45, 7) is 2.98. The monoisotopic (exact) mass is 216 g/mol. The van der Waals surface area contributed by atoms with Gasteiger partial charge in [0.15, 0.2) is 0 Å². The molecule has 4 nitrogen and oxygen atoms in total. The van der Waals surface area contributed by atoms with E-state index in [9.17, 15) is 4.79 Å². The van der Waals surface area contributed by atoms with Crippen LogP contribution in [0.4, 0.5) is 0 Å². The van der Waals surface area contributed by atoms with Crippen LogP contribution in [-0.2, 0) is 4.79 Å². The minimum Gasteiger partial charge on any atom is -0.480 e. The lowest BCUT2D eigenvalue weighted by atomic mass is 9.95. The molecule has 1 unspecified atom stereocenters. The molecule has 0 aliphatic carbocycles. The lowest BCUT2D eigenvalue weighted by molar-refractivity contribution is -0.139. The number of likely N-dealkylation sites (tertiary alicyclic amines) is 1. The Bertz CT molecular complexity index is 249. The van der Waals surface area contributed by atoms with Gasteiger partial charge in [-0.3, -0.25) is 14.0 Å². The van der Waals surface area contributed by atoms with Gasteiger partial charge in [0, 0.05) is 18.6 Å². The van der Waals surface area contributed by atoms with Crippen LogP contribution < -0.4 is 0 Å². The first kappa shape index (κ1) is 10.3. The van der Waals surface area contributed by atoms with Crippen molar-refractivity contribution < 1.29 is 9.90 Å². The first-order valence-corrected chi connectivity index (χ1v) is 5.43. The van der Waals surface area contributed by atoms with Gasteiger partial charge in [-0.2, -0.15) is 0 Å². The molecular formula is C9H16N2O2S. The summed E-state index contributed by atoms with van der Waals surface area (Å²) in [5.41, 5.74) is 0.111. The number of carbonyl (C=O) groups is 1. The van der Waals surface area contributed by atoms with Crippen LogP contribution in [0, 0.1) is 0 Å². The van der Waals surface area contributed by atoms with Gasteiger partial charge in [0.1, 0.15) is 0 Å². The molecule has 2 aliphatic rings. The largest absolute Gasteiger partial charge is 0.480 e. The molecule has 1 spiro atoms. The van der Waals surface area contributed by atoms with E-state index >= 15 is 0 Å². The molecule has 5 heteroatoms. The van der Waals surface area contributed by atoms with Crippen LogP contribution in [0.3, 0.4) is 0 Å². The highest BCUT2D eigenvalue weighted by molar-refractivity contribution is 7.77. The SMILES string of the molecule is O=C(O)CN1CCCC12CCN(S)C2. The van der Waals surface area contributed by atoms with Gasteiger partial charge in [-0.05, 0) is 25.8 Å². The summed E-state index contributed by atoms with van der Waals surface area (Å²) >= 11 is 4.33. The summed E-state index contributed by atoms with van der Waals surface area (Å²) in [5, 5.41) is 8.81. The molecule has 0 saturated carbocycles. The fourth-order valence-electron chi connectivity index (χ4n) is 2.70. The zero-order chi connectivity index (χ0) is 10.2. The van der Waals surface area contributed by atoms with Gasteiger partial charge >= 0.3 is 5.97 Å². The summed E-state index contributed by atoms with van der Waals surface area (Å²) in [6, 6.07) is 0. The molecule has 0 amide bonds. The van der Waals surface area contributed by atoms with E-state index in [1.165, 1.54) is 0 Å². The molecule has 0 bridgehead atoms. The van der Waals surface area contributed by atoms with Crippen molar-refractivity contribution in [2.75, 3.05) is 26.2 Å². The fourth-order valence-corrected chi connectivity index (χ4v) is 3.06. The van der Waals surface area contributed by atoms with Crippen LogP contribution in [0.2, 0.25) is 0 Å². The maximum absolute atomic E-state index is 10.7. The second kappa shape index (κ2) is 3.72. The van der Waals surface area contributed by atoms with Crippen LogP contribution in [0.5, 0.6) is 0 Å². The number of nitrogens with zero attached hydrogens (tertiary/aromatic N) is 2. The summed E-state index contributed by atoms with van der Waals surface area (Å²) < 4.78 is 2.00. The molecule has 14 heavy (non-hydrogen) atoms. The van der Waals surface area contributed by atoms with Gasteiger partial charge < -0.3 is 5.11 Å². The van der Waals surface area contributed by atoms with Crippen molar-refractivity contribution in [1.29, 1.82) is 0 Å². The molecular weight excluding hydrogens is 200 g/mol. The molecule has 0 aromatic rings. The highest BCUT2D eigenvalue weighted by Gasteiger charge is 2.45. The first-order valence-electron chi connectivity index (χ1n) is 5.03. The van der Waals surface area contributed by atoms with Crippen molar-refractivity contribution in [3.63, 3.8) is 0 Å². The van der Waals surface area contributed by atoms with E-state index in [0.717, 1.165) is 38.9 Å². The maximum atomic E-state index is 10.7. The van der Waals surface area contributed by atoms with Gasteiger partial charge in [-0.15, -0.1) is 0 Å². The minimum absolute atomic E-state index is 0.111. The summed E-state index contributed by atoms with van der Waals surface area (Å²) in [6.07, 6.45) is 3.30. The average Bonchev–Trinajstić information content (AvgIpc) is 2.62. The van der Waals surface area contributed by atoms with Crippen LogP contribution in [0.25, 0.3) is 0 Å². The van der Waals surface area contributed by atoms with Crippen LogP contribution in [0.1, 0.15) is 19.3 Å². The van der Waals surface area contributed by atoms with Crippen LogP contribution >= 0.6 is 12.8 Å². The average molecular weight is 216 g/mol. The van der Waals surface area contributed by atoms with Gasteiger partial charge in [0.05, 0.1) is 6.54 Å². The van der Waals surface area contributed by atoms with Gasteiger partial charge in [0.2, 0.25) is 0 Å². The van der Waals surface area contributed by atoms with Crippen molar-refractivity contribution in [2.24, 2.45) is 0 Å². The highest BCUT2D eigenvalue weighted by atomic mass is 32.1. The molecule has 1 atom stereocenters. The molecule has 2 aliphatic heterocycles. The Balaban J connectivity index is 2.06. The zero-order valence-corrected chi connectivity index (χ0v) is 9.04. The summed E-state index contributed by atoms with van der Waals surface area (Å²) in [7, 11) is 0. The van der Waals surface area contributed by atoms with Crippen molar-refractivity contribution in [1.82, 2.24) is 9.21 Å². The quantitative estimate of drug-likeness (QED) is 0.658. The Morgan fingerprint density at radius 1 is 1.43 bits per heavy atom. The highest BCUT2D eigenvalue weighted by Crippen LogP contribution is 2.37. The first-order chi connectivity index (χ1) is 6.62. The van der Waals surface area contributed by atoms with Gasteiger partial charge in [-0.25, -0.2) is 0 Å². The third-order valence-electron chi connectivity index (χ3n) is 3.38. The van der Waals surface area contributed by atoms with E-state index in [4.69, 9.17) is 5.11 Å². The number of hydrogen-bond donors (Lipinski definition) is 2. The smallest absolute Gasteiger partial charge is 0.317 e. The molecule has 2 heterocycles. The van der Waals surface area contributed by atoms with E-state index < -0.39 is 5.97 Å². The summed E-state index contributed by atoms with van der Waals surface area (Å²) in [4.78, 5) is 12.8. The van der Waals surface area contributed by atoms with E-state index in [-0.39, 0.29) is 12.1 Å². The summed E-state index contributed by atoms with van der Waals surface area (Å²) in [5.74, 6) is -0.719. The number of thiol groups is 1. The Morgan fingerprint density at radius 2 is 2.21 bits per heavy atom. The van der Waals surface area contributed by atoms with Crippen LogP contribution in [0.15, 0.2) is 0 Å². The lowest BCUT2D eigenvalue weighted by Gasteiger charge is -2.33. The molecule has 2 fully saturated rings. The number of rotatable bonds is 2. The number of aliphatic carboxylic acids is 1. The minimum atomic E-state index is -0.719. The van der Waals surface area contributed by atoms with E-state index in [1.54, 1.807) is 0 Å². The molecule has 1 N–H and O–H groups in total. The standard InChI is InChI=1S/C9H16N2O2S/c12-8(13)6-10-4-1-2-9(10)3-5-11(14)7-9/h14H,1-7H2,(H,12,13). The molecule has 0 aromatic heterocycles. The Labute approximate surface area is 89.4 Å². The van der Waals surface area contributed by atoms with E-state index in [0.29, 0.717) is 0 Å². The van der Waals surface area contributed by atoms with Gasteiger partial charge in [0.25, 0.3) is 0 Å². The second-order valence-electron chi connectivity index (χ2n) is 4.28. The number of carboxylic acid groups (broad SMARTS) is 1. The Kier molecular flexibility index (Phi) is 2.72. The molecule has 0 radical (unpaired) electrons. The Morgan fingerprint density at radius 3 is 2.79 bits per heavy atom. The number of hydrogen-bond acceptors (Lipinski definition) is 4. The second-order valence-corrected chi connectivity index (χ2v) is 4.85. The van der Waals surface area contributed by atoms with Gasteiger partial charge in [-0.1, -0.05) is 12.8 Å². The normalized spacial score (nSPS) is 34.4. The van der Waals surface area contributed by atoms with Crippen molar-refractivity contribution in [3.05, 3.63) is 0 Å². The predicted octanol–water partition coefficient (Wildman–Crippen LogP) is 0.456. The van der Waals surface area contributed by atoms with E-state index in [1.807, 2.05) is 4.31 Å². The van der Waals surface area contributed by atoms with E-state index in [2.05, 4.69) is 17.7 Å². The predicted molar refractivity (Wildman–Crippen MR) is 56.3 cm³/mol.